The molecule has 1 atom stereocenters. The van der Waals surface area contributed by atoms with Gasteiger partial charge in [0.1, 0.15) is 0 Å². The maximum absolute atomic E-state index is 12.7. The number of thiophene rings is 1. The summed E-state index contributed by atoms with van der Waals surface area (Å²) >= 11 is 1.65. The molecular weight excluding hydrogens is 284 g/mol. The standard InChI is InChI=1S/C16H22N2O2S/c17-15(19)12-6-4-8-18(10-12)16(20)14-9-11-5-2-1-3-7-13(11)21-14/h9,12H,1-8,10H2,(H2,17,19)/t12-/m1/s1. The monoisotopic (exact) mass is 306 g/mol. The summed E-state index contributed by atoms with van der Waals surface area (Å²) in [6.07, 6.45) is 7.63. The number of hydrogen-bond donors (Lipinski definition) is 1. The Bertz CT molecular complexity index is 529. The van der Waals surface area contributed by atoms with Crippen LogP contribution in [0, 0.1) is 5.92 Å². The molecule has 1 aliphatic carbocycles. The van der Waals surface area contributed by atoms with Crippen LogP contribution >= 0.6 is 11.3 Å². The van der Waals surface area contributed by atoms with Crippen molar-refractivity contribution < 1.29 is 9.59 Å². The molecule has 0 aromatic carbocycles. The van der Waals surface area contributed by atoms with E-state index in [0.717, 1.165) is 37.1 Å². The highest BCUT2D eigenvalue weighted by molar-refractivity contribution is 7.14. The van der Waals surface area contributed by atoms with Crippen molar-refractivity contribution in [3.63, 3.8) is 0 Å². The van der Waals surface area contributed by atoms with Crippen molar-refractivity contribution in [2.24, 2.45) is 11.7 Å². The molecule has 114 valence electrons. The van der Waals surface area contributed by atoms with E-state index in [1.807, 2.05) is 4.90 Å². The third-order valence-electron chi connectivity index (χ3n) is 4.57. The number of piperidine rings is 1. The first kappa shape index (κ1) is 14.6. The molecule has 1 saturated heterocycles. The number of rotatable bonds is 2. The molecule has 2 aliphatic rings. The SMILES string of the molecule is NC(=O)[C@@H]1CCCN(C(=O)c2cc3c(s2)CCCCC3)C1. The first-order chi connectivity index (χ1) is 10.1. The molecule has 0 radical (unpaired) electrons. The Kier molecular flexibility index (Phi) is 4.29. The quantitative estimate of drug-likeness (QED) is 0.853. The van der Waals surface area contributed by atoms with Gasteiger partial charge in [-0.2, -0.15) is 0 Å². The van der Waals surface area contributed by atoms with Crippen molar-refractivity contribution >= 4 is 23.2 Å². The minimum absolute atomic E-state index is 0.0824. The fourth-order valence-electron chi connectivity index (χ4n) is 3.32. The summed E-state index contributed by atoms with van der Waals surface area (Å²) < 4.78 is 0. The van der Waals surface area contributed by atoms with E-state index in [-0.39, 0.29) is 17.7 Å². The number of carbonyl (C=O) groups excluding carboxylic acids is 2. The van der Waals surface area contributed by atoms with E-state index in [4.69, 9.17) is 5.73 Å². The van der Waals surface area contributed by atoms with Gasteiger partial charge in [-0.15, -0.1) is 11.3 Å². The van der Waals surface area contributed by atoms with E-state index >= 15 is 0 Å². The molecule has 2 amide bonds. The van der Waals surface area contributed by atoms with Gasteiger partial charge in [0.2, 0.25) is 5.91 Å². The fraction of sp³-hybridized carbons (Fsp3) is 0.625. The minimum atomic E-state index is -0.283. The van der Waals surface area contributed by atoms with Crippen molar-refractivity contribution in [2.75, 3.05) is 13.1 Å². The molecule has 0 unspecified atom stereocenters. The predicted molar refractivity (Wildman–Crippen MR) is 83.4 cm³/mol. The van der Waals surface area contributed by atoms with E-state index in [9.17, 15) is 9.59 Å². The van der Waals surface area contributed by atoms with Crippen LogP contribution in [0.2, 0.25) is 0 Å². The smallest absolute Gasteiger partial charge is 0.263 e. The second-order valence-corrected chi connectivity index (χ2v) is 7.25. The van der Waals surface area contributed by atoms with Gasteiger partial charge in [-0.25, -0.2) is 0 Å². The van der Waals surface area contributed by atoms with Crippen LogP contribution in [-0.4, -0.2) is 29.8 Å². The molecule has 1 aliphatic heterocycles. The Morgan fingerprint density at radius 1 is 1.19 bits per heavy atom. The molecule has 5 heteroatoms. The number of amides is 2. The van der Waals surface area contributed by atoms with Gasteiger partial charge in [-0.3, -0.25) is 9.59 Å². The van der Waals surface area contributed by atoms with Crippen LogP contribution in [0.5, 0.6) is 0 Å². The summed E-state index contributed by atoms with van der Waals surface area (Å²) in [6.45, 7) is 1.22. The molecule has 1 aromatic rings. The van der Waals surface area contributed by atoms with E-state index in [0.29, 0.717) is 6.54 Å². The zero-order chi connectivity index (χ0) is 14.8. The van der Waals surface area contributed by atoms with Gasteiger partial charge < -0.3 is 10.6 Å². The number of carbonyl (C=O) groups is 2. The lowest BCUT2D eigenvalue weighted by molar-refractivity contribution is -0.123. The number of nitrogens with two attached hydrogens (primary N) is 1. The molecule has 1 fully saturated rings. The summed E-state index contributed by atoms with van der Waals surface area (Å²) in [6, 6.07) is 2.08. The Labute approximate surface area is 129 Å². The largest absolute Gasteiger partial charge is 0.369 e. The van der Waals surface area contributed by atoms with Gasteiger partial charge in [0, 0.05) is 18.0 Å². The highest BCUT2D eigenvalue weighted by Gasteiger charge is 2.28. The molecule has 2 N–H and O–H groups in total. The topological polar surface area (TPSA) is 63.4 Å². The fourth-order valence-corrected chi connectivity index (χ4v) is 4.54. The first-order valence-corrected chi connectivity index (χ1v) is 8.67. The number of fused-ring (bicyclic) bond motifs is 1. The van der Waals surface area contributed by atoms with E-state index in [1.54, 1.807) is 11.3 Å². The van der Waals surface area contributed by atoms with Crippen molar-refractivity contribution in [3.05, 3.63) is 21.4 Å². The van der Waals surface area contributed by atoms with Crippen molar-refractivity contribution in [1.82, 2.24) is 4.90 Å². The number of aryl methyl sites for hydroxylation is 2. The summed E-state index contributed by atoms with van der Waals surface area (Å²) in [4.78, 5) is 28.0. The maximum atomic E-state index is 12.7. The normalized spacial score (nSPS) is 22.5. The van der Waals surface area contributed by atoms with Gasteiger partial charge >= 0.3 is 0 Å². The lowest BCUT2D eigenvalue weighted by Gasteiger charge is -2.30. The molecule has 21 heavy (non-hydrogen) atoms. The third kappa shape index (κ3) is 3.12. The van der Waals surface area contributed by atoms with Crippen molar-refractivity contribution in [2.45, 2.75) is 44.9 Å². The lowest BCUT2D eigenvalue weighted by Crippen LogP contribution is -2.43. The highest BCUT2D eigenvalue weighted by Crippen LogP contribution is 2.30. The van der Waals surface area contributed by atoms with Gasteiger partial charge in [0.15, 0.2) is 0 Å². The van der Waals surface area contributed by atoms with Crippen LogP contribution in [-0.2, 0) is 17.6 Å². The zero-order valence-electron chi connectivity index (χ0n) is 12.3. The minimum Gasteiger partial charge on any atom is -0.369 e. The van der Waals surface area contributed by atoms with Gasteiger partial charge in [-0.05, 0) is 50.2 Å². The summed E-state index contributed by atoms with van der Waals surface area (Å²) in [7, 11) is 0. The van der Waals surface area contributed by atoms with Crippen LogP contribution < -0.4 is 5.73 Å². The lowest BCUT2D eigenvalue weighted by atomic mass is 9.97. The first-order valence-electron chi connectivity index (χ1n) is 7.85. The number of likely N-dealkylation sites (tertiary alicyclic amines) is 1. The number of primary amides is 1. The van der Waals surface area contributed by atoms with Gasteiger partial charge in [0.25, 0.3) is 5.91 Å². The molecule has 1 aromatic heterocycles. The molecule has 0 bridgehead atoms. The van der Waals surface area contributed by atoms with Crippen molar-refractivity contribution in [1.29, 1.82) is 0 Å². The molecule has 0 saturated carbocycles. The van der Waals surface area contributed by atoms with Crippen molar-refractivity contribution in [3.8, 4) is 0 Å². The maximum Gasteiger partial charge on any atom is 0.263 e. The van der Waals surface area contributed by atoms with Crippen LogP contribution in [0.15, 0.2) is 6.07 Å². The van der Waals surface area contributed by atoms with Crippen LogP contribution in [0.3, 0.4) is 0 Å². The zero-order valence-corrected chi connectivity index (χ0v) is 13.1. The average molecular weight is 306 g/mol. The van der Waals surface area contributed by atoms with Gasteiger partial charge in [-0.1, -0.05) is 6.42 Å². The van der Waals surface area contributed by atoms with E-state index in [2.05, 4.69) is 6.07 Å². The molecule has 2 heterocycles. The van der Waals surface area contributed by atoms with E-state index in [1.165, 1.54) is 29.7 Å². The highest BCUT2D eigenvalue weighted by atomic mass is 32.1. The Morgan fingerprint density at radius 2 is 2.00 bits per heavy atom. The summed E-state index contributed by atoms with van der Waals surface area (Å²) in [5.74, 6) is -0.381. The number of nitrogens with zero attached hydrogens (tertiary/aromatic N) is 1. The summed E-state index contributed by atoms with van der Waals surface area (Å²) in [5, 5.41) is 0. The Morgan fingerprint density at radius 3 is 2.81 bits per heavy atom. The second-order valence-electron chi connectivity index (χ2n) is 6.11. The molecule has 3 rings (SSSR count). The molecular formula is C16H22N2O2S. The predicted octanol–water partition coefficient (Wildman–Crippen LogP) is 2.35. The van der Waals surface area contributed by atoms with Crippen LogP contribution in [0.25, 0.3) is 0 Å². The second kappa shape index (κ2) is 6.18. The summed E-state index contributed by atoms with van der Waals surface area (Å²) in [5.41, 5.74) is 6.76. The molecule has 4 nitrogen and oxygen atoms in total. The van der Waals surface area contributed by atoms with Crippen LogP contribution in [0.4, 0.5) is 0 Å². The molecule has 0 spiro atoms. The Hall–Kier alpha value is -1.36. The van der Waals surface area contributed by atoms with Crippen LogP contribution in [0.1, 0.15) is 52.2 Å². The Balaban J connectivity index is 1.74. The van der Waals surface area contributed by atoms with Gasteiger partial charge in [0.05, 0.1) is 10.8 Å². The van der Waals surface area contributed by atoms with E-state index < -0.39 is 0 Å². The number of hydrogen-bond acceptors (Lipinski definition) is 3. The third-order valence-corrected chi connectivity index (χ3v) is 5.79. The average Bonchev–Trinajstić information content (AvgIpc) is 2.77.